The Kier molecular flexibility index (Phi) is 3.32. The van der Waals surface area contributed by atoms with Crippen molar-refractivity contribution in [2.75, 3.05) is 16.1 Å². The first-order valence-electron chi connectivity index (χ1n) is 6.38. The molecule has 2 heterocycles. The summed E-state index contributed by atoms with van der Waals surface area (Å²) in [5.41, 5.74) is 3.80. The molecule has 0 aliphatic carbocycles. The molecule has 1 N–H and O–H groups in total. The number of carbonyl (C=O) groups is 1. The van der Waals surface area contributed by atoms with Gasteiger partial charge in [-0.1, -0.05) is 18.2 Å². The van der Waals surface area contributed by atoms with Crippen LogP contribution in [0.3, 0.4) is 0 Å². The monoisotopic (exact) mass is 287 g/mol. The molecule has 102 valence electrons. The van der Waals surface area contributed by atoms with Gasteiger partial charge in [0.15, 0.2) is 5.82 Å². The Hall–Kier alpha value is -2.07. The molecular weight excluding hydrogens is 274 g/mol. The van der Waals surface area contributed by atoms with Gasteiger partial charge >= 0.3 is 0 Å². The zero-order valence-electron chi connectivity index (χ0n) is 11.1. The molecule has 0 bridgehead atoms. The van der Waals surface area contributed by atoms with E-state index in [0.29, 0.717) is 12.4 Å². The van der Waals surface area contributed by atoms with E-state index >= 15 is 0 Å². The van der Waals surface area contributed by atoms with Crippen molar-refractivity contribution >= 4 is 34.7 Å². The summed E-state index contributed by atoms with van der Waals surface area (Å²) >= 11 is 5.78. The summed E-state index contributed by atoms with van der Waals surface area (Å²) in [7, 11) is 0. The minimum Gasteiger partial charge on any atom is -0.378 e. The largest absolute Gasteiger partial charge is 0.378 e. The van der Waals surface area contributed by atoms with Crippen molar-refractivity contribution in [2.45, 2.75) is 13.5 Å². The van der Waals surface area contributed by atoms with Crippen molar-refractivity contribution in [1.29, 1.82) is 0 Å². The second-order valence-corrected chi connectivity index (χ2v) is 4.94. The van der Waals surface area contributed by atoms with Gasteiger partial charge in [0.2, 0.25) is 5.91 Å². The molecule has 1 aliphatic heterocycles. The fourth-order valence-electron chi connectivity index (χ4n) is 2.49. The SMILES string of the molecule is Cc1cccc2c1N(C(=O)CCl)c1ncccc1NC2. The number of hydrogen-bond donors (Lipinski definition) is 1. The second kappa shape index (κ2) is 5.13. The third-order valence-corrected chi connectivity index (χ3v) is 3.61. The lowest BCUT2D eigenvalue weighted by molar-refractivity contribution is -0.115. The predicted octanol–water partition coefficient (Wildman–Crippen LogP) is 3.22. The molecule has 0 saturated heterocycles. The van der Waals surface area contributed by atoms with E-state index in [2.05, 4.69) is 10.3 Å². The number of halogens is 1. The molecule has 1 amide bonds. The van der Waals surface area contributed by atoms with E-state index in [1.54, 1.807) is 11.1 Å². The van der Waals surface area contributed by atoms with Gasteiger partial charge < -0.3 is 5.32 Å². The Morgan fingerprint density at radius 3 is 3.05 bits per heavy atom. The van der Waals surface area contributed by atoms with E-state index in [1.807, 2.05) is 37.3 Å². The molecule has 4 nitrogen and oxygen atoms in total. The maximum Gasteiger partial charge on any atom is 0.247 e. The number of fused-ring (bicyclic) bond motifs is 2. The maximum absolute atomic E-state index is 12.3. The van der Waals surface area contributed by atoms with E-state index in [4.69, 9.17) is 11.6 Å². The summed E-state index contributed by atoms with van der Waals surface area (Å²) in [5.74, 6) is 0.348. The number of amides is 1. The number of pyridine rings is 1. The number of anilines is 3. The van der Waals surface area contributed by atoms with E-state index in [0.717, 1.165) is 22.5 Å². The number of aromatic nitrogens is 1. The van der Waals surface area contributed by atoms with Crippen molar-refractivity contribution < 1.29 is 4.79 Å². The van der Waals surface area contributed by atoms with Crippen LogP contribution >= 0.6 is 11.6 Å². The Bertz CT molecular complexity index is 672. The number of rotatable bonds is 1. The van der Waals surface area contributed by atoms with Crippen LogP contribution in [0.15, 0.2) is 36.5 Å². The smallest absolute Gasteiger partial charge is 0.247 e. The molecule has 5 heteroatoms. The van der Waals surface area contributed by atoms with Crippen LogP contribution in [0.2, 0.25) is 0 Å². The Balaban J connectivity index is 2.27. The highest BCUT2D eigenvalue weighted by Gasteiger charge is 2.27. The number of hydrogen-bond acceptors (Lipinski definition) is 3. The van der Waals surface area contributed by atoms with Crippen molar-refractivity contribution in [3.8, 4) is 0 Å². The molecule has 0 radical (unpaired) electrons. The van der Waals surface area contributed by atoms with Crippen LogP contribution in [-0.4, -0.2) is 16.8 Å². The minimum atomic E-state index is -0.175. The van der Waals surface area contributed by atoms with Crippen LogP contribution in [0.5, 0.6) is 0 Å². The highest BCUT2D eigenvalue weighted by atomic mass is 35.5. The standard InChI is InChI=1S/C15H14ClN3O/c1-10-4-2-5-11-9-18-12-6-3-7-17-15(12)19(14(10)11)13(20)8-16/h2-7,18H,8-9H2,1H3. The van der Waals surface area contributed by atoms with Crippen molar-refractivity contribution in [1.82, 2.24) is 4.98 Å². The number of aryl methyl sites for hydroxylation is 1. The lowest BCUT2D eigenvalue weighted by atomic mass is 10.1. The summed E-state index contributed by atoms with van der Waals surface area (Å²) < 4.78 is 0. The fraction of sp³-hybridized carbons (Fsp3) is 0.200. The number of benzene rings is 1. The molecule has 20 heavy (non-hydrogen) atoms. The number of alkyl halides is 1. The van der Waals surface area contributed by atoms with E-state index in [9.17, 15) is 4.79 Å². The van der Waals surface area contributed by atoms with Gasteiger partial charge in [-0.05, 0) is 30.2 Å². The average Bonchev–Trinajstić information content (AvgIpc) is 2.64. The predicted molar refractivity (Wildman–Crippen MR) is 80.6 cm³/mol. The average molecular weight is 288 g/mol. The molecule has 1 aromatic carbocycles. The fourth-order valence-corrected chi connectivity index (χ4v) is 2.61. The Morgan fingerprint density at radius 2 is 2.25 bits per heavy atom. The molecule has 1 aromatic heterocycles. The zero-order chi connectivity index (χ0) is 14.1. The quantitative estimate of drug-likeness (QED) is 0.819. The minimum absolute atomic E-state index is 0.0796. The van der Waals surface area contributed by atoms with Crippen LogP contribution < -0.4 is 10.2 Å². The van der Waals surface area contributed by atoms with Gasteiger partial charge in [0.25, 0.3) is 0 Å². The number of nitrogens with one attached hydrogen (secondary N) is 1. The first kappa shape index (κ1) is 12.9. The van der Waals surface area contributed by atoms with Gasteiger partial charge in [-0.25, -0.2) is 4.98 Å². The Morgan fingerprint density at radius 1 is 1.40 bits per heavy atom. The lowest BCUT2D eigenvalue weighted by Gasteiger charge is -2.24. The first-order chi connectivity index (χ1) is 9.72. The Labute approximate surface area is 122 Å². The molecule has 0 atom stereocenters. The molecule has 1 aliphatic rings. The normalized spacial score (nSPS) is 13.0. The van der Waals surface area contributed by atoms with Gasteiger partial charge in [-0.15, -0.1) is 11.6 Å². The van der Waals surface area contributed by atoms with Crippen molar-refractivity contribution in [3.05, 3.63) is 47.7 Å². The van der Waals surface area contributed by atoms with Gasteiger partial charge in [-0.3, -0.25) is 9.69 Å². The van der Waals surface area contributed by atoms with E-state index in [-0.39, 0.29) is 11.8 Å². The summed E-state index contributed by atoms with van der Waals surface area (Å²) in [6.07, 6.45) is 1.68. The van der Waals surface area contributed by atoms with Gasteiger partial charge in [0.05, 0.1) is 11.4 Å². The van der Waals surface area contributed by atoms with E-state index < -0.39 is 0 Å². The number of para-hydroxylation sites is 1. The molecule has 2 aromatic rings. The third-order valence-electron chi connectivity index (χ3n) is 3.38. The highest BCUT2D eigenvalue weighted by Crippen LogP contribution is 2.38. The lowest BCUT2D eigenvalue weighted by Crippen LogP contribution is -2.28. The molecule has 0 spiro atoms. The van der Waals surface area contributed by atoms with E-state index in [1.165, 1.54) is 0 Å². The van der Waals surface area contributed by atoms with Crippen LogP contribution in [0.1, 0.15) is 11.1 Å². The number of carbonyl (C=O) groups excluding carboxylic acids is 1. The summed E-state index contributed by atoms with van der Waals surface area (Å²) in [6.45, 7) is 2.64. The maximum atomic E-state index is 12.3. The topological polar surface area (TPSA) is 45.2 Å². The molecule has 0 fully saturated rings. The first-order valence-corrected chi connectivity index (χ1v) is 6.92. The van der Waals surface area contributed by atoms with Crippen LogP contribution in [-0.2, 0) is 11.3 Å². The van der Waals surface area contributed by atoms with Crippen LogP contribution in [0.25, 0.3) is 0 Å². The summed E-state index contributed by atoms with van der Waals surface area (Å²) in [4.78, 5) is 18.3. The highest BCUT2D eigenvalue weighted by molar-refractivity contribution is 6.30. The third kappa shape index (κ3) is 2.02. The molecule has 3 rings (SSSR count). The van der Waals surface area contributed by atoms with Crippen molar-refractivity contribution in [3.63, 3.8) is 0 Å². The van der Waals surface area contributed by atoms with Crippen LogP contribution in [0.4, 0.5) is 17.2 Å². The molecule has 0 saturated carbocycles. The van der Waals surface area contributed by atoms with Gasteiger partial charge in [0, 0.05) is 12.7 Å². The molecule has 0 unspecified atom stereocenters. The second-order valence-electron chi connectivity index (χ2n) is 4.67. The van der Waals surface area contributed by atoms with Gasteiger partial charge in [0.1, 0.15) is 5.88 Å². The summed E-state index contributed by atoms with van der Waals surface area (Å²) in [6, 6.07) is 9.75. The van der Waals surface area contributed by atoms with Crippen molar-refractivity contribution in [2.24, 2.45) is 0 Å². The zero-order valence-corrected chi connectivity index (χ0v) is 11.8. The number of nitrogens with zero attached hydrogens (tertiary/aromatic N) is 2. The summed E-state index contributed by atoms with van der Waals surface area (Å²) in [5, 5.41) is 3.32. The van der Waals surface area contributed by atoms with Gasteiger partial charge in [-0.2, -0.15) is 0 Å². The van der Waals surface area contributed by atoms with Crippen LogP contribution in [0, 0.1) is 6.92 Å². The molecular formula is C15H14ClN3O.